The van der Waals surface area contributed by atoms with Crippen molar-refractivity contribution in [2.24, 2.45) is 0 Å². The summed E-state index contributed by atoms with van der Waals surface area (Å²) in [5, 5.41) is 19.3. The van der Waals surface area contributed by atoms with Gasteiger partial charge in [-0.2, -0.15) is 11.8 Å². The van der Waals surface area contributed by atoms with Crippen LogP contribution >= 0.6 is 23.5 Å². The molecule has 0 aromatic carbocycles. The molecule has 2 nitrogen and oxygen atoms in total. The normalized spacial score (nSPS) is 46.8. The highest BCUT2D eigenvalue weighted by molar-refractivity contribution is 8.08. The third-order valence-electron chi connectivity index (χ3n) is 1.88. The van der Waals surface area contributed by atoms with E-state index in [4.69, 9.17) is 5.11 Å². The second kappa shape index (κ2) is 2.59. The van der Waals surface area contributed by atoms with Gasteiger partial charge in [0.2, 0.25) is 0 Å². The van der Waals surface area contributed by atoms with Crippen LogP contribution in [0.3, 0.4) is 0 Å². The molecule has 4 atom stereocenters. The monoisotopic (exact) mass is 178 g/mol. The topological polar surface area (TPSA) is 40.5 Å². The highest BCUT2D eigenvalue weighted by atomic mass is 32.2. The molecule has 10 heavy (non-hydrogen) atoms. The molecule has 2 heterocycles. The van der Waals surface area contributed by atoms with Crippen molar-refractivity contribution in [1.29, 1.82) is 0 Å². The maximum Gasteiger partial charge on any atom is 0.0796 e. The molecular formula is C6H10O2S2. The van der Waals surface area contributed by atoms with Gasteiger partial charge in [-0.15, -0.1) is 11.8 Å². The summed E-state index contributed by atoms with van der Waals surface area (Å²) in [4.78, 5) is 0. The zero-order valence-corrected chi connectivity index (χ0v) is 7.07. The van der Waals surface area contributed by atoms with Gasteiger partial charge >= 0.3 is 0 Å². The Balaban J connectivity index is 1.78. The Kier molecular flexibility index (Phi) is 1.88. The third-order valence-corrected chi connectivity index (χ3v) is 4.27. The standard InChI is InChI=1S/C6H10O2S2/c7-1-3-6(10-3)5(8)4-2-9-4/h3-8H,1-2H2. The van der Waals surface area contributed by atoms with Crippen LogP contribution in [0.5, 0.6) is 0 Å². The molecule has 58 valence electrons. The van der Waals surface area contributed by atoms with Crippen molar-refractivity contribution in [1.82, 2.24) is 0 Å². The molecule has 0 saturated carbocycles. The van der Waals surface area contributed by atoms with Gasteiger partial charge < -0.3 is 10.2 Å². The van der Waals surface area contributed by atoms with Crippen LogP contribution in [0, 0.1) is 0 Å². The van der Waals surface area contributed by atoms with Gasteiger partial charge in [0.15, 0.2) is 0 Å². The summed E-state index contributed by atoms with van der Waals surface area (Å²) < 4.78 is 0. The van der Waals surface area contributed by atoms with Gasteiger partial charge in [0, 0.05) is 21.5 Å². The van der Waals surface area contributed by atoms with Crippen LogP contribution in [0.15, 0.2) is 0 Å². The average molecular weight is 178 g/mol. The first-order valence-corrected chi connectivity index (χ1v) is 5.38. The SMILES string of the molecule is OCC1SC1C(O)C1CS1. The van der Waals surface area contributed by atoms with E-state index in [0.29, 0.717) is 15.7 Å². The van der Waals surface area contributed by atoms with Crippen LogP contribution in [-0.2, 0) is 0 Å². The number of hydrogen-bond acceptors (Lipinski definition) is 4. The predicted octanol–water partition coefficient (Wildman–Crippen LogP) is -0.0610. The quantitative estimate of drug-likeness (QED) is 0.594. The Morgan fingerprint density at radius 1 is 1.60 bits per heavy atom. The van der Waals surface area contributed by atoms with Gasteiger partial charge in [0.25, 0.3) is 0 Å². The molecule has 0 spiro atoms. The molecule has 0 bridgehead atoms. The lowest BCUT2D eigenvalue weighted by Gasteiger charge is -2.03. The van der Waals surface area contributed by atoms with Crippen molar-refractivity contribution >= 4 is 23.5 Å². The lowest BCUT2D eigenvalue weighted by atomic mass is 10.1. The Labute approximate surface area is 68.4 Å². The maximum atomic E-state index is 9.48. The number of aliphatic hydroxyl groups excluding tert-OH is 2. The first kappa shape index (κ1) is 7.28. The molecule has 2 rings (SSSR count). The van der Waals surface area contributed by atoms with E-state index in [1.807, 2.05) is 11.8 Å². The van der Waals surface area contributed by atoms with E-state index >= 15 is 0 Å². The minimum atomic E-state index is -0.160. The Morgan fingerprint density at radius 2 is 2.30 bits per heavy atom. The largest absolute Gasteiger partial charge is 0.395 e. The summed E-state index contributed by atoms with van der Waals surface area (Å²) in [5.74, 6) is 1.11. The molecule has 2 fully saturated rings. The predicted molar refractivity (Wildman–Crippen MR) is 44.5 cm³/mol. The summed E-state index contributed by atoms with van der Waals surface area (Å²) >= 11 is 3.51. The van der Waals surface area contributed by atoms with Crippen molar-refractivity contribution in [2.75, 3.05) is 12.4 Å². The van der Waals surface area contributed by atoms with E-state index < -0.39 is 0 Å². The molecule has 2 aliphatic heterocycles. The number of rotatable bonds is 3. The molecule has 0 aromatic heterocycles. The molecule has 4 heteroatoms. The number of hydrogen-bond donors (Lipinski definition) is 2. The lowest BCUT2D eigenvalue weighted by molar-refractivity contribution is 0.180. The summed E-state index contributed by atoms with van der Waals surface area (Å²) in [5.41, 5.74) is 0. The molecule has 2 saturated heterocycles. The Morgan fingerprint density at radius 3 is 2.70 bits per heavy atom. The molecule has 0 aromatic rings. The van der Waals surface area contributed by atoms with Crippen LogP contribution < -0.4 is 0 Å². The van der Waals surface area contributed by atoms with Crippen LogP contribution in [-0.4, -0.2) is 44.4 Å². The fourth-order valence-electron chi connectivity index (χ4n) is 1.07. The Bertz CT molecular complexity index is 138. The third kappa shape index (κ3) is 1.30. The van der Waals surface area contributed by atoms with Gasteiger partial charge in [-0.25, -0.2) is 0 Å². The molecule has 0 amide bonds. The van der Waals surface area contributed by atoms with Crippen molar-refractivity contribution in [3.05, 3.63) is 0 Å². The molecule has 2 N–H and O–H groups in total. The van der Waals surface area contributed by atoms with Crippen molar-refractivity contribution in [3.63, 3.8) is 0 Å². The van der Waals surface area contributed by atoms with E-state index in [-0.39, 0.29) is 12.7 Å². The Hall–Kier alpha value is 0.620. The van der Waals surface area contributed by atoms with Crippen LogP contribution in [0.1, 0.15) is 0 Å². The lowest BCUT2D eigenvalue weighted by Crippen LogP contribution is -2.22. The fourth-order valence-corrected chi connectivity index (χ4v) is 2.84. The van der Waals surface area contributed by atoms with Crippen LogP contribution in [0.4, 0.5) is 0 Å². The second-order valence-electron chi connectivity index (χ2n) is 2.68. The zero-order chi connectivity index (χ0) is 7.14. The summed E-state index contributed by atoms with van der Waals surface area (Å²) in [7, 11) is 0. The molecule has 0 aliphatic carbocycles. The van der Waals surface area contributed by atoms with Gasteiger partial charge in [-0.3, -0.25) is 0 Å². The van der Waals surface area contributed by atoms with Crippen molar-refractivity contribution < 1.29 is 10.2 Å². The molecule has 2 aliphatic rings. The highest BCUT2D eigenvalue weighted by Crippen LogP contribution is 2.49. The summed E-state index contributed by atoms with van der Waals surface area (Å²) in [6.45, 7) is 0.226. The minimum absolute atomic E-state index is 0.160. The van der Waals surface area contributed by atoms with E-state index in [9.17, 15) is 5.11 Å². The number of thioether (sulfide) groups is 2. The van der Waals surface area contributed by atoms with Crippen LogP contribution in [0.25, 0.3) is 0 Å². The second-order valence-corrected chi connectivity index (χ2v) is 5.38. The van der Waals surface area contributed by atoms with Crippen molar-refractivity contribution in [2.45, 2.75) is 21.9 Å². The van der Waals surface area contributed by atoms with E-state index in [1.54, 1.807) is 11.8 Å². The molecular weight excluding hydrogens is 168 g/mol. The van der Waals surface area contributed by atoms with E-state index in [2.05, 4.69) is 0 Å². The van der Waals surface area contributed by atoms with Gasteiger partial charge in [0.05, 0.1) is 12.7 Å². The van der Waals surface area contributed by atoms with Crippen molar-refractivity contribution in [3.8, 4) is 0 Å². The zero-order valence-electron chi connectivity index (χ0n) is 5.43. The summed E-state index contributed by atoms with van der Waals surface area (Å²) in [6.07, 6.45) is -0.160. The molecule has 0 radical (unpaired) electrons. The first-order valence-electron chi connectivity index (χ1n) is 3.39. The molecule has 4 unspecified atom stereocenters. The van der Waals surface area contributed by atoms with Crippen LogP contribution in [0.2, 0.25) is 0 Å². The van der Waals surface area contributed by atoms with Gasteiger partial charge in [0.1, 0.15) is 0 Å². The number of aliphatic hydroxyl groups is 2. The van der Waals surface area contributed by atoms with Gasteiger partial charge in [-0.05, 0) is 0 Å². The average Bonchev–Trinajstić information content (AvgIpc) is 2.83. The summed E-state index contributed by atoms with van der Waals surface area (Å²) in [6, 6.07) is 0. The smallest absolute Gasteiger partial charge is 0.0796 e. The van der Waals surface area contributed by atoms with E-state index in [1.165, 1.54) is 0 Å². The maximum absolute atomic E-state index is 9.48. The minimum Gasteiger partial charge on any atom is -0.395 e. The van der Waals surface area contributed by atoms with Gasteiger partial charge in [-0.1, -0.05) is 0 Å². The first-order chi connectivity index (χ1) is 4.83. The highest BCUT2D eigenvalue weighted by Gasteiger charge is 2.49. The van der Waals surface area contributed by atoms with E-state index in [0.717, 1.165) is 5.75 Å². The fraction of sp³-hybridized carbons (Fsp3) is 1.00.